The van der Waals surface area contributed by atoms with E-state index in [1.54, 1.807) is 0 Å². The second-order valence-corrected chi connectivity index (χ2v) is 2.31. The van der Waals surface area contributed by atoms with Crippen molar-refractivity contribution in [2.45, 2.75) is 0 Å². The van der Waals surface area contributed by atoms with Crippen LogP contribution in [-0.4, -0.2) is 5.11 Å². The van der Waals surface area contributed by atoms with E-state index in [2.05, 4.69) is 0 Å². The third-order valence-electron chi connectivity index (χ3n) is 1.39. The number of aliphatic hydroxyl groups excluding tert-OH is 1. The smallest absolute Gasteiger partial charge is 0.0864 e. The summed E-state index contributed by atoms with van der Waals surface area (Å²) in [6.07, 6.45) is 8.50. The van der Waals surface area contributed by atoms with Crippen molar-refractivity contribution < 1.29 is 22.2 Å². The minimum absolute atomic E-state index is 0. The van der Waals surface area contributed by atoms with Crippen LogP contribution in [0.1, 0.15) is 0 Å². The van der Waals surface area contributed by atoms with Crippen molar-refractivity contribution in [3.05, 3.63) is 66.5 Å². The fourth-order valence-corrected chi connectivity index (χ4v) is 0.796. The monoisotopic (exact) mass is 215 g/mol. The van der Waals surface area contributed by atoms with Gasteiger partial charge in [-0.3, -0.25) is 0 Å². The Bertz CT molecular complexity index is 250. The molecule has 2 rings (SSSR count). The van der Waals surface area contributed by atoms with Gasteiger partial charge in [-0.15, -0.1) is 0 Å². The second-order valence-electron chi connectivity index (χ2n) is 2.31. The average Bonchev–Trinajstić information content (AvgIpc) is 2.81. The molecular weight excluding hydrogens is 204 g/mol. The molecule has 1 N–H and O–H groups in total. The topological polar surface area (TPSA) is 20.2 Å². The normalized spacial score (nSPS) is 11.5. The minimum atomic E-state index is 0. The first-order valence-corrected chi connectivity index (χ1v) is 3.79. The van der Waals surface area contributed by atoms with Crippen LogP contribution in [-0.2, 0) is 17.1 Å². The van der Waals surface area contributed by atoms with E-state index >= 15 is 0 Å². The summed E-state index contributed by atoms with van der Waals surface area (Å²) in [5.41, 5.74) is 0.861. The fourth-order valence-electron chi connectivity index (χ4n) is 0.796. The summed E-state index contributed by atoms with van der Waals surface area (Å²) in [5, 5.41) is 8.30. The van der Waals surface area contributed by atoms with E-state index in [0.29, 0.717) is 0 Å². The Labute approximate surface area is 88.9 Å². The van der Waals surface area contributed by atoms with Gasteiger partial charge in [0, 0.05) is 22.6 Å². The molecule has 0 amide bonds. The zero-order valence-electron chi connectivity index (χ0n) is 7.07. The van der Waals surface area contributed by atoms with E-state index in [9.17, 15) is 0 Å². The van der Waals surface area contributed by atoms with Gasteiger partial charge in [-0.25, -0.2) is 12.1 Å². The molecule has 1 aliphatic carbocycles. The Morgan fingerprint density at radius 2 is 1.62 bits per heavy atom. The molecule has 0 fully saturated rings. The van der Waals surface area contributed by atoms with Crippen molar-refractivity contribution in [2.75, 3.05) is 0 Å². The summed E-state index contributed by atoms with van der Waals surface area (Å²) in [4.78, 5) is 0. The van der Waals surface area contributed by atoms with Crippen LogP contribution in [0.15, 0.2) is 66.5 Å². The maximum Gasteiger partial charge on any atom is 0.0864 e. The first-order chi connectivity index (χ1) is 5.93. The Morgan fingerprint density at radius 3 is 1.85 bits per heavy atom. The van der Waals surface area contributed by atoms with E-state index in [1.807, 2.05) is 54.6 Å². The maximum atomic E-state index is 8.30. The van der Waals surface area contributed by atoms with Crippen LogP contribution in [0.2, 0.25) is 0 Å². The SMILES string of the molecule is OC=C1C=CC=C1.[Fe].c1cc[cH-]c1. The predicted molar refractivity (Wildman–Crippen MR) is 51.0 cm³/mol. The van der Waals surface area contributed by atoms with Gasteiger partial charge in [-0.05, 0) is 0 Å². The van der Waals surface area contributed by atoms with Gasteiger partial charge in [0.05, 0.1) is 6.26 Å². The molecule has 1 aromatic rings. The average molecular weight is 215 g/mol. The molecule has 0 saturated carbocycles. The number of allylic oxidation sites excluding steroid dienone is 5. The summed E-state index contributed by atoms with van der Waals surface area (Å²) in [6, 6.07) is 10.0. The molecule has 0 radical (unpaired) electrons. The molecule has 0 atom stereocenters. The van der Waals surface area contributed by atoms with Crippen LogP contribution in [0, 0.1) is 0 Å². The van der Waals surface area contributed by atoms with Crippen LogP contribution < -0.4 is 0 Å². The molecule has 0 aliphatic heterocycles. The molecular formula is C11H11FeO-. The number of rotatable bonds is 0. The van der Waals surface area contributed by atoms with Gasteiger partial charge < -0.3 is 5.11 Å². The molecule has 13 heavy (non-hydrogen) atoms. The van der Waals surface area contributed by atoms with Crippen molar-refractivity contribution in [1.29, 1.82) is 0 Å². The predicted octanol–water partition coefficient (Wildman–Crippen LogP) is 2.96. The van der Waals surface area contributed by atoms with Crippen LogP contribution in [0.3, 0.4) is 0 Å². The van der Waals surface area contributed by atoms with Crippen molar-refractivity contribution in [3.63, 3.8) is 0 Å². The van der Waals surface area contributed by atoms with Gasteiger partial charge >= 0.3 is 0 Å². The number of hydrogen-bond donors (Lipinski definition) is 1. The molecule has 0 unspecified atom stereocenters. The van der Waals surface area contributed by atoms with Crippen molar-refractivity contribution in [1.82, 2.24) is 0 Å². The van der Waals surface area contributed by atoms with E-state index in [0.717, 1.165) is 11.8 Å². The Kier molecular flexibility index (Phi) is 6.89. The van der Waals surface area contributed by atoms with Crippen molar-refractivity contribution >= 4 is 0 Å². The van der Waals surface area contributed by atoms with Gasteiger partial charge in [-0.2, -0.15) is 18.2 Å². The maximum absolute atomic E-state index is 8.30. The Balaban J connectivity index is 0.000000215. The quantitative estimate of drug-likeness (QED) is 0.400. The van der Waals surface area contributed by atoms with E-state index in [4.69, 9.17) is 5.11 Å². The van der Waals surface area contributed by atoms with E-state index in [1.165, 1.54) is 0 Å². The Morgan fingerprint density at radius 1 is 1.08 bits per heavy atom. The van der Waals surface area contributed by atoms with Gasteiger partial charge in [0.25, 0.3) is 0 Å². The minimum Gasteiger partial charge on any atom is -0.515 e. The zero-order chi connectivity index (χ0) is 8.65. The number of hydrogen-bond acceptors (Lipinski definition) is 1. The molecule has 1 aliphatic rings. The second kappa shape index (κ2) is 7.53. The molecule has 0 spiro atoms. The zero-order valence-corrected chi connectivity index (χ0v) is 8.18. The molecule has 0 bridgehead atoms. The molecule has 2 heteroatoms. The van der Waals surface area contributed by atoms with Gasteiger partial charge in [-0.1, -0.05) is 24.3 Å². The largest absolute Gasteiger partial charge is 0.515 e. The van der Waals surface area contributed by atoms with Crippen molar-refractivity contribution in [3.8, 4) is 0 Å². The standard InChI is InChI=1S/C6H6O.C5H5.Fe/c7-5-6-3-1-2-4-6;1-2-4-5-3-1;/h1-5,7H;1-5H;/q;-1;. The van der Waals surface area contributed by atoms with Gasteiger partial charge in [0.15, 0.2) is 0 Å². The first-order valence-electron chi connectivity index (χ1n) is 3.79. The van der Waals surface area contributed by atoms with E-state index < -0.39 is 0 Å². The third-order valence-corrected chi connectivity index (χ3v) is 1.39. The summed E-state index contributed by atoms with van der Waals surface area (Å²) < 4.78 is 0. The molecule has 0 heterocycles. The Hall–Kier alpha value is -1.11. The van der Waals surface area contributed by atoms with E-state index in [-0.39, 0.29) is 17.1 Å². The molecule has 1 aromatic carbocycles. The van der Waals surface area contributed by atoms with Crippen LogP contribution in [0.25, 0.3) is 0 Å². The molecule has 1 nitrogen and oxygen atoms in total. The summed E-state index contributed by atoms with van der Waals surface area (Å²) >= 11 is 0. The molecule has 0 saturated heterocycles. The fraction of sp³-hybridized carbons (Fsp3) is 0. The summed E-state index contributed by atoms with van der Waals surface area (Å²) in [5.74, 6) is 0. The summed E-state index contributed by atoms with van der Waals surface area (Å²) in [7, 11) is 0. The first kappa shape index (κ1) is 11.9. The number of aliphatic hydroxyl groups is 1. The van der Waals surface area contributed by atoms with Crippen LogP contribution in [0.5, 0.6) is 0 Å². The van der Waals surface area contributed by atoms with Crippen LogP contribution >= 0.6 is 0 Å². The summed E-state index contributed by atoms with van der Waals surface area (Å²) in [6.45, 7) is 0. The van der Waals surface area contributed by atoms with Gasteiger partial charge in [0.1, 0.15) is 0 Å². The van der Waals surface area contributed by atoms with Crippen LogP contribution in [0.4, 0.5) is 0 Å². The van der Waals surface area contributed by atoms with Crippen molar-refractivity contribution in [2.24, 2.45) is 0 Å². The molecule has 0 aromatic heterocycles. The third kappa shape index (κ3) is 5.18. The molecule has 70 valence electrons. The van der Waals surface area contributed by atoms with Gasteiger partial charge in [0.2, 0.25) is 0 Å².